The normalized spacial score (nSPS) is 11.1. The Morgan fingerprint density at radius 3 is 2.55 bits per heavy atom. The van der Waals surface area contributed by atoms with Crippen molar-refractivity contribution >= 4 is 21.8 Å². The van der Waals surface area contributed by atoms with Crippen molar-refractivity contribution in [3.05, 3.63) is 22.2 Å². The first-order valence-corrected chi connectivity index (χ1v) is 7.06. The number of ether oxygens (including phenoxy) is 2. The molecule has 1 amide bonds. The van der Waals surface area contributed by atoms with E-state index < -0.39 is 0 Å². The SMILES string of the molecule is COc1cc(CN)cc(Br)c1OCC(=O)NC(C)(C)C. The van der Waals surface area contributed by atoms with E-state index in [4.69, 9.17) is 15.2 Å². The van der Waals surface area contributed by atoms with Crippen molar-refractivity contribution in [3.8, 4) is 11.5 Å². The summed E-state index contributed by atoms with van der Waals surface area (Å²) in [5.74, 6) is 0.853. The van der Waals surface area contributed by atoms with E-state index in [2.05, 4.69) is 21.2 Å². The standard InChI is InChI=1S/C14H21BrN2O3/c1-14(2,3)17-12(18)8-20-13-10(15)5-9(7-16)6-11(13)19-4/h5-6H,7-8,16H2,1-4H3,(H,17,18). The Balaban J connectivity index is 2.80. The summed E-state index contributed by atoms with van der Waals surface area (Å²) < 4.78 is 11.5. The topological polar surface area (TPSA) is 73.6 Å². The summed E-state index contributed by atoms with van der Waals surface area (Å²) in [6.07, 6.45) is 0. The third-order valence-corrected chi connectivity index (χ3v) is 2.98. The van der Waals surface area contributed by atoms with Crippen molar-refractivity contribution in [1.29, 1.82) is 0 Å². The number of hydrogen-bond acceptors (Lipinski definition) is 4. The zero-order chi connectivity index (χ0) is 15.3. The molecule has 0 heterocycles. The molecule has 1 aromatic rings. The van der Waals surface area contributed by atoms with Gasteiger partial charge in [-0.05, 0) is 54.4 Å². The van der Waals surface area contributed by atoms with Crippen molar-refractivity contribution in [2.45, 2.75) is 32.9 Å². The Bertz CT molecular complexity index is 484. The molecule has 5 nitrogen and oxygen atoms in total. The van der Waals surface area contributed by atoms with Crippen LogP contribution < -0.4 is 20.5 Å². The Morgan fingerprint density at radius 1 is 1.40 bits per heavy atom. The number of carbonyl (C=O) groups excluding carboxylic acids is 1. The van der Waals surface area contributed by atoms with Gasteiger partial charge in [-0.3, -0.25) is 4.79 Å². The number of nitrogens with two attached hydrogens (primary N) is 1. The lowest BCUT2D eigenvalue weighted by Crippen LogP contribution is -2.43. The van der Waals surface area contributed by atoms with E-state index in [0.29, 0.717) is 22.5 Å². The molecule has 6 heteroatoms. The summed E-state index contributed by atoms with van der Waals surface area (Å²) >= 11 is 3.40. The number of hydrogen-bond donors (Lipinski definition) is 2. The second kappa shape index (κ2) is 6.95. The minimum Gasteiger partial charge on any atom is -0.493 e. The average molecular weight is 345 g/mol. The highest BCUT2D eigenvalue weighted by atomic mass is 79.9. The maximum absolute atomic E-state index is 11.8. The summed E-state index contributed by atoms with van der Waals surface area (Å²) in [5, 5.41) is 2.83. The van der Waals surface area contributed by atoms with Crippen molar-refractivity contribution < 1.29 is 14.3 Å². The van der Waals surface area contributed by atoms with E-state index in [1.807, 2.05) is 26.8 Å². The van der Waals surface area contributed by atoms with Gasteiger partial charge in [-0.1, -0.05) is 0 Å². The van der Waals surface area contributed by atoms with Gasteiger partial charge < -0.3 is 20.5 Å². The summed E-state index contributed by atoms with van der Waals surface area (Å²) in [7, 11) is 1.55. The Hall–Kier alpha value is -1.27. The molecule has 0 atom stereocenters. The van der Waals surface area contributed by atoms with Gasteiger partial charge in [0.2, 0.25) is 0 Å². The third kappa shape index (κ3) is 5.02. The highest BCUT2D eigenvalue weighted by Crippen LogP contribution is 2.36. The second-order valence-corrected chi connectivity index (χ2v) is 6.25. The van der Waals surface area contributed by atoms with E-state index in [9.17, 15) is 4.79 Å². The zero-order valence-corrected chi connectivity index (χ0v) is 13.8. The lowest BCUT2D eigenvalue weighted by atomic mass is 10.1. The van der Waals surface area contributed by atoms with Crippen LogP contribution in [0.4, 0.5) is 0 Å². The van der Waals surface area contributed by atoms with Gasteiger partial charge in [-0.2, -0.15) is 0 Å². The van der Waals surface area contributed by atoms with Crippen LogP contribution in [0.5, 0.6) is 11.5 Å². The van der Waals surface area contributed by atoms with E-state index in [1.54, 1.807) is 13.2 Å². The first kappa shape index (κ1) is 16.8. The summed E-state index contributed by atoms with van der Waals surface area (Å²) in [5.41, 5.74) is 6.23. The number of nitrogens with one attached hydrogen (secondary N) is 1. The van der Waals surface area contributed by atoms with Crippen LogP contribution in [-0.2, 0) is 11.3 Å². The van der Waals surface area contributed by atoms with Gasteiger partial charge in [0, 0.05) is 12.1 Å². The van der Waals surface area contributed by atoms with Crippen LogP contribution in [0.2, 0.25) is 0 Å². The van der Waals surface area contributed by atoms with Crippen LogP contribution in [-0.4, -0.2) is 25.2 Å². The summed E-state index contributed by atoms with van der Waals surface area (Å²) in [6.45, 7) is 6.07. The Kier molecular flexibility index (Phi) is 5.83. The molecule has 20 heavy (non-hydrogen) atoms. The molecule has 0 saturated heterocycles. The quantitative estimate of drug-likeness (QED) is 0.858. The molecule has 0 fully saturated rings. The van der Waals surface area contributed by atoms with Gasteiger partial charge in [0.25, 0.3) is 5.91 Å². The van der Waals surface area contributed by atoms with E-state index in [-0.39, 0.29) is 18.1 Å². The fraction of sp³-hybridized carbons (Fsp3) is 0.500. The summed E-state index contributed by atoms with van der Waals surface area (Å²) in [6, 6.07) is 3.64. The van der Waals surface area contributed by atoms with E-state index in [1.165, 1.54) is 0 Å². The molecule has 0 aromatic heterocycles. The molecular weight excluding hydrogens is 324 g/mol. The molecule has 0 aliphatic rings. The van der Waals surface area contributed by atoms with Crippen molar-refractivity contribution in [3.63, 3.8) is 0 Å². The Labute approximate surface area is 127 Å². The molecule has 0 unspecified atom stereocenters. The third-order valence-electron chi connectivity index (χ3n) is 2.39. The predicted octanol–water partition coefficient (Wildman–Crippen LogP) is 2.21. The van der Waals surface area contributed by atoms with Gasteiger partial charge in [0.1, 0.15) is 0 Å². The molecule has 0 aliphatic carbocycles. The minimum atomic E-state index is -0.287. The monoisotopic (exact) mass is 344 g/mol. The molecule has 1 aromatic carbocycles. The second-order valence-electron chi connectivity index (χ2n) is 5.40. The van der Waals surface area contributed by atoms with Gasteiger partial charge in [0.05, 0.1) is 11.6 Å². The fourth-order valence-corrected chi connectivity index (χ4v) is 2.23. The van der Waals surface area contributed by atoms with Gasteiger partial charge in [-0.25, -0.2) is 0 Å². The van der Waals surface area contributed by atoms with Crippen LogP contribution in [0.15, 0.2) is 16.6 Å². The van der Waals surface area contributed by atoms with Crippen LogP contribution in [0.1, 0.15) is 26.3 Å². The summed E-state index contributed by atoms with van der Waals surface area (Å²) in [4.78, 5) is 11.8. The van der Waals surface area contributed by atoms with Crippen molar-refractivity contribution in [1.82, 2.24) is 5.32 Å². The number of benzene rings is 1. The number of carbonyl (C=O) groups is 1. The fourth-order valence-electron chi connectivity index (χ4n) is 1.62. The molecule has 0 spiro atoms. The highest BCUT2D eigenvalue weighted by Gasteiger charge is 2.16. The van der Waals surface area contributed by atoms with Crippen molar-refractivity contribution in [2.75, 3.05) is 13.7 Å². The predicted molar refractivity (Wildman–Crippen MR) is 82.0 cm³/mol. The molecule has 0 saturated carbocycles. The lowest BCUT2D eigenvalue weighted by molar-refractivity contribution is -0.124. The maximum Gasteiger partial charge on any atom is 0.258 e. The van der Waals surface area contributed by atoms with Gasteiger partial charge >= 0.3 is 0 Å². The van der Waals surface area contributed by atoms with Crippen LogP contribution in [0.3, 0.4) is 0 Å². The van der Waals surface area contributed by atoms with Crippen LogP contribution >= 0.6 is 15.9 Å². The van der Waals surface area contributed by atoms with E-state index in [0.717, 1.165) is 5.56 Å². The smallest absolute Gasteiger partial charge is 0.258 e. The highest BCUT2D eigenvalue weighted by molar-refractivity contribution is 9.10. The lowest BCUT2D eigenvalue weighted by Gasteiger charge is -2.21. The van der Waals surface area contributed by atoms with Gasteiger partial charge in [-0.15, -0.1) is 0 Å². The van der Waals surface area contributed by atoms with Crippen LogP contribution in [0.25, 0.3) is 0 Å². The Morgan fingerprint density at radius 2 is 2.05 bits per heavy atom. The largest absolute Gasteiger partial charge is 0.493 e. The number of rotatable bonds is 5. The van der Waals surface area contributed by atoms with Crippen LogP contribution in [0, 0.1) is 0 Å². The molecule has 0 aliphatic heterocycles. The van der Waals surface area contributed by atoms with Gasteiger partial charge in [0.15, 0.2) is 18.1 Å². The number of amides is 1. The molecule has 1 rings (SSSR count). The molecule has 0 radical (unpaired) electrons. The molecular formula is C14H21BrN2O3. The number of methoxy groups -OCH3 is 1. The number of halogens is 1. The maximum atomic E-state index is 11.8. The first-order valence-electron chi connectivity index (χ1n) is 6.27. The molecule has 3 N–H and O–H groups in total. The van der Waals surface area contributed by atoms with Crippen molar-refractivity contribution in [2.24, 2.45) is 5.73 Å². The zero-order valence-electron chi connectivity index (χ0n) is 12.2. The average Bonchev–Trinajstić information content (AvgIpc) is 2.34. The minimum absolute atomic E-state index is 0.0752. The molecule has 112 valence electrons. The molecule has 0 bridgehead atoms. The van der Waals surface area contributed by atoms with E-state index >= 15 is 0 Å². The first-order chi connectivity index (χ1) is 9.26.